The maximum atomic E-state index is 8.67. The van der Waals surface area contributed by atoms with Gasteiger partial charge in [-0.3, -0.25) is 5.26 Å². The Labute approximate surface area is 70.6 Å². The van der Waals surface area contributed by atoms with Gasteiger partial charge in [0.15, 0.2) is 11.5 Å². The first-order chi connectivity index (χ1) is 5.72. The first-order valence-corrected chi connectivity index (χ1v) is 3.45. The molecule has 0 atom stereocenters. The van der Waals surface area contributed by atoms with Crippen LogP contribution < -0.4 is 0 Å². The van der Waals surface area contributed by atoms with Crippen LogP contribution in [0.3, 0.4) is 0 Å². The zero-order valence-electron chi connectivity index (χ0n) is 6.77. The summed E-state index contributed by atoms with van der Waals surface area (Å²) < 4.78 is 0. The van der Waals surface area contributed by atoms with E-state index in [1.54, 1.807) is 19.1 Å². The maximum absolute atomic E-state index is 8.67. The number of rotatable bonds is 1. The Kier molecular flexibility index (Phi) is 5.77. The van der Waals surface area contributed by atoms with Gasteiger partial charge in [0.2, 0.25) is 0 Å². The molecule has 0 aliphatic heterocycles. The van der Waals surface area contributed by atoms with E-state index < -0.39 is 0 Å². The first-order valence-electron chi connectivity index (χ1n) is 3.45. The summed E-state index contributed by atoms with van der Waals surface area (Å²) in [4.78, 5) is 3.54. The van der Waals surface area contributed by atoms with Crippen LogP contribution in [-0.4, -0.2) is 22.1 Å². The Morgan fingerprint density at radius 1 is 1.17 bits per heavy atom. The van der Waals surface area contributed by atoms with E-state index in [-0.39, 0.29) is 11.5 Å². The van der Waals surface area contributed by atoms with Crippen LogP contribution in [0, 0.1) is 0 Å². The number of aromatic hydroxyl groups is 2. The topological polar surface area (TPSA) is 69.9 Å². The molecule has 4 heteroatoms. The fraction of sp³-hybridized carbons (Fsp3) is 0.250. The number of benzene rings is 1. The molecule has 0 unspecified atom stereocenters. The van der Waals surface area contributed by atoms with E-state index in [9.17, 15) is 0 Å². The molecular formula is C8H12O4. The molecule has 0 radical (unpaired) electrons. The summed E-state index contributed by atoms with van der Waals surface area (Å²) in [5, 5.41) is 24.7. The van der Waals surface area contributed by atoms with Crippen molar-refractivity contribution in [3.05, 3.63) is 24.3 Å². The van der Waals surface area contributed by atoms with Crippen molar-refractivity contribution in [3.63, 3.8) is 0 Å². The highest BCUT2D eigenvalue weighted by Crippen LogP contribution is 2.21. The zero-order chi connectivity index (χ0) is 9.40. The predicted octanol–water partition coefficient (Wildman–Crippen LogP) is 1.59. The largest absolute Gasteiger partial charge is 0.504 e. The molecule has 12 heavy (non-hydrogen) atoms. The van der Waals surface area contributed by atoms with E-state index in [1.165, 1.54) is 12.1 Å². The van der Waals surface area contributed by atoms with Crippen LogP contribution in [0.2, 0.25) is 0 Å². The van der Waals surface area contributed by atoms with Gasteiger partial charge >= 0.3 is 0 Å². The molecule has 1 aromatic rings. The normalized spacial score (nSPS) is 8.50. The molecule has 0 aromatic heterocycles. The highest BCUT2D eigenvalue weighted by Gasteiger charge is 1.90. The Morgan fingerprint density at radius 3 is 1.67 bits per heavy atom. The molecular weight excluding hydrogens is 160 g/mol. The molecule has 0 spiro atoms. The number of phenolic OH excluding ortho intramolecular Hbond substituents is 2. The van der Waals surface area contributed by atoms with Gasteiger partial charge in [0.1, 0.15) is 0 Å². The van der Waals surface area contributed by atoms with Crippen LogP contribution >= 0.6 is 0 Å². The second kappa shape index (κ2) is 6.45. The van der Waals surface area contributed by atoms with Gasteiger partial charge in [-0.25, -0.2) is 4.89 Å². The molecule has 0 bridgehead atoms. The van der Waals surface area contributed by atoms with Gasteiger partial charge in [0, 0.05) is 0 Å². The fourth-order valence-corrected chi connectivity index (χ4v) is 0.464. The van der Waals surface area contributed by atoms with Crippen molar-refractivity contribution >= 4 is 0 Å². The van der Waals surface area contributed by atoms with E-state index in [0.29, 0.717) is 6.61 Å². The summed E-state index contributed by atoms with van der Waals surface area (Å²) in [5.41, 5.74) is 0. The second-order valence-corrected chi connectivity index (χ2v) is 1.91. The minimum atomic E-state index is -0.0764. The Hall–Kier alpha value is -1.26. The molecule has 0 aliphatic rings. The molecule has 0 heterocycles. The molecule has 4 nitrogen and oxygen atoms in total. The average molecular weight is 172 g/mol. The van der Waals surface area contributed by atoms with Crippen molar-refractivity contribution in [1.82, 2.24) is 0 Å². The van der Waals surface area contributed by atoms with Crippen LogP contribution in [0.5, 0.6) is 11.5 Å². The van der Waals surface area contributed by atoms with Crippen LogP contribution in [0.1, 0.15) is 6.92 Å². The molecule has 0 fully saturated rings. The Morgan fingerprint density at radius 2 is 1.50 bits per heavy atom. The van der Waals surface area contributed by atoms with E-state index in [2.05, 4.69) is 4.89 Å². The third-order valence-electron chi connectivity index (χ3n) is 1.01. The van der Waals surface area contributed by atoms with Crippen LogP contribution in [0.25, 0.3) is 0 Å². The van der Waals surface area contributed by atoms with Crippen molar-refractivity contribution in [1.29, 1.82) is 0 Å². The van der Waals surface area contributed by atoms with Crippen molar-refractivity contribution in [2.24, 2.45) is 0 Å². The summed E-state index contributed by atoms with van der Waals surface area (Å²) >= 11 is 0. The molecule has 0 saturated carbocycles. The number of phenols is 2. The second-order valence-electron chi connectivity index (χ2n) is 1.91. The summed E-state index contributed by atoms with van der Waals surface area (Å²) in [6, 6.07) is 6.15. The van der Waals surface area contributed by atoms with Crippen LogP contribution in [-0.2, 0) is 4.89 Å². The standard InChI is InChI=1S/C6H6O2.C2H6O2/c7-5-3-1-2-4-6(5)8;1-2-4-3/h1-4,7-8H;3H,2H2,1H3. The average Bonchev–Trinajstić information content (AvgIpc) is 2.11. The van der Waals surface area contributed by atoms with Crippen LogP contribution in [0.4, 0.5) is 0 Å². The highest BCUT2D eigenvalue weighted by molar-refractivity contribution is 5.36. The minimum absolute atomic E-state index is 0.0764. The monoisotopic (exact) mass is 172 g/mol. The third kappa shape index (κ3) is 4.54. The van der Waals surface area contributed by atoms with Gasteiger partial charge in [0.05, 0.1) is 6.61 Å². The van der Waals surface area contributed by atoms with Gasteiger partial charge in [0.25, 0.3) is 0 Å². The van der Waals surface area contributed by atoms with Crippen molar-refractivity contribution in [3.8, 4) is 11.5 Å². The summed E-state index contributed by atoms with van der Waals surface area (Å²) in [6.45, 7) is 2.08. The number of hydrogen-bond acceptors (Lipinski definition) is 4. The summed E-state index contributed by atoms with van der Waals surface area (Å²) in [6.07, 6.45) is 0. The van der Waals surface area contributed by atoms with Crippen molar-refractivity contribution in [2.45, 2.75) is 6.92 Å². The van der Waals surface area contributed by atoms with Crippen LogP contribution in [0.15, 0.2) is 24.3 Å². The molecule has 0 saturated heterocycles. The van der Waals surface area contributed by atoms with Gasteiger partial charge in [-0.05, 0) is 19.1 Å². The number of para-hydroxylation sites is 2. The quantitative estimate of drug-likeness (QED) is 0.342. The van der Waals surface area contributed by atoms with E-state index in [0.717, 1.165) is 0 Å². The lowest BCUT2D eigenvalue weighted by Gasteiger charge is -1.91. The summed E-state index contributed by atoms with van der Waals surface area (Å²) in [7, 11) is 0. The van der Waals surface area contributed by atoms with Gasteiger partial charge in [-0.2, -0.15) is 0 Å². The van der Waals surface area contributed by atoms with Gasteiger partial charge in [-0.15, -0.1) is 0 Å². The zero-order valence-corrected chi connectivity index (χ0v) is 6.77. The SMILES string of the molecule is CCOO.Oc1ccccc1O. The Bertz CT molecular complexity index is 189. The third-order valence-corrected chi connectivity index (χ3v) is 1.01. The smallest absolute Gasteiger partial charge is 0.157 e. The van der Waals surface area contributed by atoms with Gasteiger partial charge < -0.3 is 10.2 Å². The van der Waals surface area contributed by atoms with Gasteiger partial charge in [-0.1, -0.05) is 12.1 Å². The number of hydrogen-bond donors (Lipinski definition) is 3. The van der Waals surface area contributed by atoms with E-state index >= 15 is 0 Å². The molecule has 0 amide bonds. The lowest BCUT2D eigenvalue weighted by atomic mass is 10.3. The summed E-state index contributed by atoms with van der Waals surface area (Å²) in [5.74, 6) is -0.153. The lowest BCUT2D eigenvalue weighted by molar-refractivity contribution is -0.237. The van der Waals surface area contributed by atoms with Crippen molar-refractivity contribution in [2.75, 3.05) is 6.61 Å². The van der Waals surface area contributed by atoms with E-state index in [4.69, 9.17) is 15.5 Å². The molecule has 1 aromatic carbocycles. The molecule has 0 aliphatic carbocycles. The van der Waals surface area contributed by atoms with E-state index in [1.807, 2.05) is 0 Å². The fourth-order valence-electron chi connectivity index (χ4n) is 0.464. The Balaban J connectivity index is 0.000000261. The minimum Gasteiger partial charge on any atom is -0.504 e. The molecule has 3 N–H and O–H groups in total. The maximum Gasteiger partial charge on any atom is 0.157 e. The molecule has 68 valence electrons. The highest BCUT2D eigenvalue weighted by atomic mass is 17.1. The lowest BCUT2D eigenvalue weighted by Crippen LogP contribution is -1.74. The first kappa shape index (κ1) is 10.7. The van der Waals surface area contributed by atoms with Crippen molar-refractivity contribution < 1.29 is 20.4 Å². The predicted molar refractivity (Wildman–Crippen MR) is 44.0 cm³/mol. The molecule has 1 rings (SSSR count).